The van der Waals surface area contributed by atoms with Gasteiger partial charge in [-0.1, -0.05) is 36.4 Å². The predicted octanol–water partition coefficient (Wildman–Crippen LogP) is 2.87. The number of nitrogen functional groups attached to an aromatic ring is 1. The Labute approximate surface area is 169 Å². The zero-order valence-electron chi connectivity index (χ0n) is 16.3. The van der Waals surface area contributed by atoms with E-state index >= 15 is 0 Å². The van der Waals surface area contributed by atoms with Gasteiger partial charge in [0.15, 0.2) is 0 Å². The molecule has 0 bridgehead atoms. The van der Waals surface area contributed by atoms with Gasteiger partial charge in [0.2, 0.25) is 5.91 Å². The maximum atomic E-state index is 12.0. The Morgan fingerprint density at radius 3 is 2.14 bits per heavy atom. The molecule has 0 saturated carbocycles. The summed E-state index contributed by atoms with van der Waals surface area (Å²) in [5.74, 6) is -0.279. The SMILES string of the molecule is CC(=O)N1[C@H](COc2ccc(-c3ccc(C(=N)N)cc3)cc2)CC[C@H]1CC(=O)O. The third-order valence-corrected chi connectivity index (χ3v) is 5.22. The van der Waals surface area contributed by atoms with Gasteiger partial charge in [-0.2, -0.15) is 0 Å². The third kappa shape index (κ3) is 4.93. The van der Waals surface area contributed by atoms with Gasteiger partial charge in [-0.05, 0) is 36.1 Å². The van der Waals surface area contributed by atoms with Crippen LogP contribution in [0.15, 0.2) is 48.5 Å². The van der Waals surface area contributed by atoms with Gasteiger partial charge in [0.05, 0.1) is 12.5 Å². The minimum absolute atomic E-state index is 0.0345. The van der Waals surface area contributed by atoms with Crippen LogP contribution in [-0.2, 0) is 9.59 Å². The highest BCUT2D eigenvalue weighted by molar-refractivity contribution is 5.95. The number of carbonyl (C=O) groups is 2. The summed E-state index contributed by atoms with van der Waals surface area (Å²) in [5.41, 5.74) is 8.19. The second-order valence-electron chi connectivity index (χ2n) is 7.24. The van der Waals surface area contributed by atoms with Crippen molar-refractivity contribution < 1.29 is 19.4 Å². The van der Waals surface area contributed by atoms with E-state index in [1.165, 1.54) is 6.92 Å². The van der Waals surface area contributed by atoms with Gasteiger partial charge >= 0.3 is 5.97 Å². The van der Waals surface area contributed by atoms with E-state index in [4.69, 9.17) is 21.0 Å². The van der Waals surface area contributed by atoms with Crippen molar-refractivity contribution >= 4 is 17.7 Å². The first-order chi connectivity index (χ1) is 13.8. The number of nitrogens with two attached hydrogens (primary N) is 1. The van der Waals surface area contributed by atoms with Crippen molar-refractivity contribution in [2.75, 3.05) is 6.61 Å². The van der Waals surface area contributed by atoms with Crippen molar-refractivity contribution in [3.05, 3.63) is 54.1 Å². The highest BCUT2D eigenvalue weighted by Gasteiger charge is 2.36. The topological polar surface area (TPSA) is 117 Å². The molecule has 0 aromatic heterocycles. The quantitative estimate of drug-likeness (QED) is 0.492. The molecule has 29 heavy (non-hydrogen) atoms. The van der Waals surface area contributed by atoms with E-state index in [2.05, 4.69) is 0 Å². The number of carbonyl (C=O) groups excluding carboxylic acids is 1. The molecule has 1 aliphatic heterocycles. The standard InChI is InChI=1S/C22H25N3O4/c1-14(26)25-18(12-21(27)28)8-9-19(25)13-29-20-10-6-16(7-11-20)15-2-4-17(5-3-15)22(23)24/h2-7,10-11,18-19H,8-9,12-13H2,1H3,(H3,23,24)(H,27,28)/t18-,19-/m0/s1. The van der Waals surface area contributed by atoms with Crippen LogP contribution in [0, 0.1) is 5.41 Å². The molecule has 4 N–H and O–H groups in total. The van der Waals surface area contributed by atoms with E-state index < -0.39 is 5.97 Å². The van der Waals surface area contributed by atoms with Crippen LogP contribution in [0.5, 0.6) is 5.75 Å². The molecule has 0 spiro atoms. The first-order valence-corrected chi connectivity index (χ1v) is 9.53. The second-order valence-corrected chi connectivity index (χ2v) is 7.24. The largest absolute Gasteiger partial charge is 0.491 e. The first kappa shape index (κ1) is 20.4. The summed E-state index contributed by atoms with van der Waals surface area (Å²) in [7, 11) is 0. The van der Waals surface area contributed by atoms with Crippen molar-refractivity contribution in [3.63, 3.8) is 0 Å². The number of carboxylic acids is 1. The number of likely N-dealkylation sites (tertiary alicyclic amines) is 1. The van der Waals surface area contributed by atoms with Crippen LogP contribution >= 0.6 is 0 Å². The highest BCUT2D eigenvalue weighted by Crippen LogP contribution is 2.28. The number of aliphatic carboxylic acids is 1. The maximum absolute atomic E-state index is 12.0. The number of nitrogens with zero attached hydrogens (tertiary/aromatic N) is 1. The number of hydrogen-bond acceptors (Lipinski definition) is 4. The number of hydrogen-bond donors (Lipinski definition) is 3. The zero-order valence-corrected chi connectivity index (χ0v) is 16.3. The summed E-state index contributed by atoms with van der Waals surface area (Å²) in [6, 6.07) is 14.7. The molecule has 152 valence electrons. The summed E-state index contributed by atoms with van der Waals surface area (Å²) in [4.78, 5) is 24.7. The molecule has 0 unspecified atom stereocenters. The van der Waals surface area contributed by atoms with Crippen LogP contribution in [0.25, 0.3) is 11.1 Å². The van der Waals surface area contributed by atoms with Crippen molar-refractivity contribution in [1.82, 2.24) is 4.90 Å². The van der Waals surface area contributed by atoms with Crippen LogP contribution < -0.4 is 10.5 Å². The minimum Gasteiger partial charge on any atom is -0.491 e. The van der Waals surface area contributed by atoms with Crippen molar-refractivity contribution in [2.24, 2.45) is 5.73 Å². The van der Waals surface area contributed by atoms with Gasteiger partial charge in [-0.15, -0.1) is 0 Å². The second kappa shape index (κ2) is 8.77. The van der Waals surface area contributed by atoms with Crippen LogP contribution in [0.4, 0.5) is 0 Å². The summed E-state index contributed by atoms with van der Waals surface area (Å²) >= 11 is 0. The molecule has 0 aliphatic carbocycles. The van der Waals surface area contributed by atoms with Crippen molar-refractivity contribution in [2.45, 2.75) is 38.3 Å². The Morgan fingerprint density at radius 1 is 1.07 bits per heavy atom. The molecular formula is C22H25N3O4. The third-order valence-electron chi connectivity index (χ3n) is 5.22. The van der Waals surface area contributed by atoms with E-state index in [-0.39, 0.29) is 30.2 Å². The van der Waals surface area contributed by atoms with Gasteiger partial charge in [0, 0.05) is 18.5 Å². The molecular weight excluding hydrogens is 370 g/mol. The maximum Gasteiger partial charge on any atom is 0.305 e. The van der Waals surface area contributed by atoms with E-state index in [1.807, 2.05) is 48.5 Å². The fraction of sp³-hybridized carbons (Fsp3) is 0.318. The summed E-state index contributed by atoms with van der Waals surface area (Å²) < 4.78 is 5.88. The van der Waals surface area contributed by atoms with Crippen molar-refractivity contribution in [1.29, 1.82) is 5.41 Å². The fourth-order valence-corrected chi connectivity index (χ4v) is 3.82. The monoisotopic (exact) mass is 395 g/mol. The van der Waals surface area contributed by atoms with Gasteiger partial charge < -0.3 is 20.5 Å². The number of rotatable bonds is 7. The molecule has 1 aliphatic rings. The molecule has 0 radical (unpaired) electrons. The van der Waals surface area contributed by atoms with E-state index in [1.54, 1.807) is 4.90 Å². The molecule has 1 saturated heterocycles. The van der Waals surface area contributed by atoms with Crippen molar-refractivity contribution in [3.8, 4) is 16.9 Å². The van der Waals surface area contributed by atoms with Gasteiger partial charge in [-0.3, -0.25) is 15.0 Å². The Kier molecular flexibility index (Phi) is 6.16. The molecule has 7 heteroatoms. The molecule has 1 heterocycles. The van der Waals surface area contributed by atoms with E-state index in [9.17, 15) is 9.59 Å². The summed E-state index contributed by atoms with van der Waals surface area (Å²) in [6.07, 6.45) is 1.38. The van der Waals surface area contributed by atoms with E-state index in [0.717, 1.165) is 17.5 Å². The fourth-order valence-electron chi connectivity index (χ4n) is 3.82. The van der Waals surface area contributed by atoms with Crippen LogP contribution in [0.2, 0.25) is 0 Å². The number of nitrogens with one attached hydrogen (secondary N) is 1. The first-order valence-electron chi connectivity index (χ1n) is 9.53. The smallest absolute Gasteiger partial charge is 0.305 e. The lowest BCUT2D eigenvalue weighted by Crippen LogP contribution is -2.43. The molecule has 1 amide bonds. The molecule has 7 nitrogen and oxygen atoms in total. The van der Waals surface area contributed by atoms with Crippen LogP contribution in [-0.4, -0.2) is 46.4 Å². The van der Waals surface area contributed by atoms with Gasteiger partial charge in [0.25, 0.3) is 0 Å². The summed E-state index contributed by atoms with van der Waals surface area (Å²) in [5, 5.41) is 16.5. The van der Waals surface area contributed by atoms with Gasteiger partial charge in [-0.25, -0.2) is 0 Å². The number of amidine groups is 1. The Balaban J connectivity index is 1.62. The average Bonchev–Trinajstić information content (AvgIpc) is 3.09. The lowest BCUT2D eigenvalue weighted by atomic mass is 10.0. The van der Waals surface area contributed by atoms with E-state index in [0.29, 0.717) is 24.3 Å². The molecule has 2 atom stereocenters. The number of carboxylic acid groups (broad SMARTS) is 1. The minimum atomic E-state index is -0.894. The number of amides is 1. The highest BCUT2D eigenvalue weighted by atomic mass is 16.5. The molecule has 3 rings (SSSR count). The average molecular weight is 395 g/mol. The normalized spacial score (nSPS) is 18.4. The lowest BCUT2D eigenvalue weighted by Gasteiger charge is -2.28. The molecule has 2 aromatic carbocycles. The molecule has 2 aromatic rings. The summed E-state index contributed by atoms with van der Waals surface area (Å²) in [6.45, 7) is 1.81. The zero-order chi connectivity index (χ0) is 21.0. The Bertz CT molecular complexity index is 893. The lowest BCUT2D eigenvalue weighted by molar-refractivity contribution is -0.140. The Hall–Kier alpha value is -3.35. The van der Waals surface area contributed by atoms with Gasteiger partial charge in [0.1, 0.15) is 18.2 Å². The number of ether oxygens (including phenoxy) is 1. The van der Waals surface area contributed by atoms with Crippen LogP contribution in [0.1, 0.15) is 31.7 Å². The predicted molar refractivity (Wildman–Crippen MR) is 110 cm³/mol. The molecule has 1 fully saturated rings. The number of benzene rings is 2. The van der Waals surface area contributed by atoms with Crippen LogP contribution in [0.3, 0.4) is 0 Å². The Morgan fingerprint density at radius 2 is 1.62 bits per heavy atom.